The predicted molar refractivity (Wildman–Crippen MR) is 92.3 cm³/mol. The molecule has 0 spiro atoms. The van der Waals surface area contributed by atoms with Crippen LogP contribution in [0.25, 0.3) is 10.9 Å². The molecule has 2 aromatic rings. The van der Waals surface area contributed by atoms with E-state index in [1.807, 2.05) is 30.3 Å². The zero-order chi connectivity index (χ0) is 16.4. The van der Waals surface area contributed by atoms with Crippen LogP contribution in [0.5, 0.6) is 5.75 Å². The third kappa shape index (κ3) is 3.54. The first-order valence-electron chi connectivity index (χ1n) is 8.50. The lowest BCUT2D eigenvalue weighted by Gasteiger charge is -2.36. The van der Waals surface area contributed by atoms with Gasteiger partial charge in [-0.05, 0) is 61.3 Å². The lowest BCUT2D eigenvalue weighted by atomic mass is 9.70. The molecule has 122 valence electrons. The Hall–Kier alpha value is -1.90. The van der Waals surface area contributed by atoms with Gasteiger partial charge < -0.3 is 4.74 Å². The van der Waals surface area contributed by atoms with E-state index >= 15 is 0 Å². The van der Waals surface area contributed by atoms with E-state index in [4.69, 9.17) is 4.74 Å². The van der Waals surface area contributed by atoms with Gasteiger partial charge in [-0.3, -0.25) is 9.78 Å². The quantitative estimate of drug-likeness (QED) is 0.579. The van der Waals surface area contributed by atoms with Crippen molar-refractivity contribution in [2.24, 2.45) is 17.3 Å². The molecule has 0 amide bonds. The number of carbonyl (C=O) groups excluding carboxylic acids is 1. The average Bonchev–Trinajstić information content (AvgIpc) is 2.54. The molecule has 1 aromatic heterocycles. The lowest BCUT2D eigenvalue weighted by Crippen LogP contribution is -2.30. The Bertz CT molecular complexity index is 689. The molecule has 0 saturated heterocycles. The largest absolute Gasteiger partial charge is 0.426 e. The molecule has 0 atom stereocenters. The Morgan fingerprint density at radius 3 is 2.52 bits per heavy atom. The van der Waals surface area contributed by atoms with Gasteiger partial charge in [0.15, 0.2) is 0 Å². The van der Waals surface area contributed by atoms with E-state index < -0.39 is 0 Å². The van der Waals surface area contributed by atoms with Crippen molar-refractivity contribution in [2.75, 3.05) is 0 Å². The lowest BCUT2D eigenvalue weighted by molar-refractivity contribution is -0.140. The zero-order valence-corrected chi connectivity index (χ0v) is 14.2. The molecule has 1 saturated carbocycles. The Kier molecular flexibility index (Phi) is 4.38. The fourth-order valence-corrected chi connectivity index (χ4v) is 3.55. The summed E-state index contributed by atoms with van der Waals surface area (Å²) in [6.07, 6.45) is 5.84. The zero-order valence-electron chi connectivity index (χ0n) is 14.2. The van der Waals surface area contributed by atoms with E-state index in [9.17, 15) is 4.79 Å². The third-order valence-electron chi connectivity index (χ3n) is 5.10. The van der Waals surface area contributed by atoms with Crippen molar-refractivity contribution in [3.63, 3.8) is 0 Å². The number of rotatable bonds is 2. The van der Waals surface area contributed by atoms with Crippen molar-refractivity contribution in [2.45, 2.75) is 46.5 Å². The SMILES string of the molecule is CC(C)(C)C1CCC(C(=O)Oc2cccc3ncccc23)CC1. The maximum atomic E-state index is 12.5. The van der Waals surface area contributed by atoms with Crippen LogP contribution in [0.4, 0.5) is 0 Å². The van der Waals surface area contributed by atoms with Crippen LogP contribution in [0.3, 0.4) is 0 Å². The maximum Gasteiger partial charge on any atom is 0.314 e. The smallest absolute Gasteiger partial charge is 0.314 e. The Labute approximate surface area is 138 Å². The second-order valence-electron chi connectivity index (χ2n) is 7.66. The van der Waals surface area contributed by atoms with Gasteiger partial charge >= 0.3 is 5.97 Å². The number of carbonyl (C=O) groups is 1. The first kappa shape index (κ1) is 16.0. The van der Waals surface area contributed by atoms with Gasteiger partial charge in [0.1, 0.15) is 5.75 Å². The molecule has 1 aliphatic rings. The van der Waals surface area contributed by atoms with Gasteiger partial charge in [0.25, 0.3) is 0 Å². The Balaban J connectivity index is 1.68. The van der Waals surface area contributed by atoms with Crippen LogP contribution in [0.15, 0.2) is 36.5 Å². The van der Waals surface area contributed by atoms with Crippen LogP contribution >= 0.6 is 0 Å². The van der Waals surface area contributed by atoms with Crippen LogP contribution in [0.2, 0.25) is 0 Å². The molecule has 0 bridgehead atoms. The Morgan fingerprint density at radius 2 is 1.83 bits per heavy atom. The van der Waals surface area contributed by atoms with E-state index in [0.29, 0.717) is 17.1 Å². The molecular formula is C20H25NO2. The fraction of sp³-hybridized carbons (Fsp3) is 0.500. The molecule has 0 radical (unpaired) electrons. The molecule has 3 nitrogen and oxygen atoms in total. The van der Waals surface area contributed by atoms with Crippen LogP contribution in [0, 0.1) is 17.3 Å². The number of fused-ring (bicyclic) bond motifs is 1. The molecule has 1 fully saturated rings. The van der Waals surface area contributed by atoms with Gasteiger partial charge in [0.05, 0.1) is 11.4 Å². The van der Waals surface area contributed by atoms with E-state index in [1.54, 1.807) is 6.20 Å². The van der Waals surface area contributed by atoms with Crippen LogP contribution in [-0.2, 0) is 4.79 Å². The van der Waals surface area contributed by atoms with Crippen LogP contribution in [-0.4, -0.2) is 11.0 Å². The van der Waals surface area contributed by atoms with Crippen molar-refractivity contribution >= 4 is 16.9 Å². The molecule has 3 rings (SSSR count). The molecule has 1 aliphatic carbocycles. The maximum absolute atomic E-state index is 12.5. The van der Waals surface area contributed by atoms with E-state index in [1.165, 1.54) is 0 Å². The highest BCUT2D eigenvalue weighted by molar-refractivity contribution is 5.88. The standard InChI is InChI=1S/C20H25NO2/c1-20(2,3)15-11-9-14(10-12-15)19(22)23-18-8-4-7-17-16(18)6-5-13-21-17/h4-8,13-15H,9-12H2,1-3H3. The number of aromatic nitrogens is 1. The second kappa shape index (κ2) is 6.31. The molecule has 1 aromatic carbocycles. The molecule has 3 heteroatoms. The van der Waals surface area contributed by atoms with Gasteiger partial charge in [-0.15, -0.1) is 0 Å². The van der Waals surface area contributed by atoms with Gasteiger partial charge in [-0.2, -0.15) is 0 Å². The highest BCUT2D eigenvalue weighted by Crippen LogP contribution is 2.40. The average molecular weight is 311 g/mol. The summed E-state index contributed by atoms with van der Waals surface area (Å²) < 4.78 is 5.71. The molecule has 0 N–H and O–H groups in total. The van der Waals surface area contributed by atoms with Gasteiger partial charge in [-0.1, -0.05) is 26.8 Å². The van der Waals surface area contributed by atoms with Crippen molar-refractivity contribution in [1.82, 2.24) is 4.98 Å². The van der Waals surface area contributed by atoms with Crippen molar-refractivity contribution in [3.05, 3.63) is 36.5 Å². The number of hydrogen-bond acceptors (Lipinski definition) is 3. The van der Waals surface area contributed by atoms with Crippen molar-refractivity contribution in [1.29, 1.82) is 0 Å². The minimum atomic E-state index is -0.0892. The fourth-order valence-electron chi connectivity index (χ4n) is 3.55. The predicted octanol–water partition coefficient (Wildman–Crippen LogP) is 4.99. The number of esters is 1. The summed E-state index contributed by atoms with van der Waals surface area (Å²) in [7, 11) is 0. The summed E-state index contributed by atoms with van der Waals surface area (Å²) in [6, 6.07) is 9.48. The summed E-state index contributed by atoms with van der Waals surface area (Å²) in [4.78, 5) is 16.8. The molecular weight excluding hydrogens is 286 g/mol. The molecule has 1 heterocycles. The van der Waals surface area contributed by atoms with E-state index in [2.05, 4.69) is 25.8 Å². The van der Waals surface area contributed by atoms with Crippen LogP contribution in [0.1, 0.15) is 46.5 Å². The number of ether oxygens (including phenoxy) is 1. The van der Waals surface area contributed by atoms with Gasteiger partial charge in [0, 0.05) is 11.6 Å². The number of pyridine rings is 1. The van der Waals surface area contributed by atoms with Crippen molar-refractivity contribution < 1.29 is 9.53 Å². The van der Waals surface area contributed by atoms with Gasteiger partial charge in [-0.25, -0.2) is 0 Å². The van der Waals surface area contributed by atoms with E-state index in [-0.39, 0.29) is 11.9 Å². The highest BCUT2D eigenvalue weighted by Gasteiger charge is 2.33. The number of nitrogens with zero attached hydrogens (tertiary/aromatic N) is 1. The summed E-state index contributed by atoms with van der Waals surface area (Å²) in [5.74, 6) is 1.26. The summed E-state index contributed by atoms with van der Waals surface area (Å²) in [5.41, 5.74) is 1.19. The number of benzene rings is 1. The van der Waals surface area contributed by atoms with Crippen molar-refractivity contribution in [3.8, 4) is 5.75 Å². The number of hydrogen-bond donors (Lipinski definition) is 0. The molecule has 0 unspecified atom stereocenters. The normalized spacial score (nSPS) is 22.0. The molecule has 0 aliphatic heterocycles. The third-order valence-corrected chi connectivity index (χ3v) is 5.10. The van der Waals surface area contributed by atoms with Crippen LogP contribution < -0.4 is 4.74 Å². The van der Waals surface area contributed by atoms with Gasteiger partial charge in [0.2, 0.25) is 0 Å². The first-order valence-corrected chi connectivity index (χ1v) is 8.50. The summed E-state index contributed by atoms with van der Waals surface area (Å²) in [5, 5.41) is 0.895. The second-order valence-corrected chi connectivity index (χ2v) is 7.66. The van der Waals surface area contributed by atoms with E-state index in [0.717, 1.165) is 36.6 Å². The first-order chi connectivity index (χ1) is 10.9. The highest BCUT2D eigenvalue weighted by atomic mass is 16.5. The summed E-state index contributed by atoms with van der Waals surface area (Å²) in [6.45, 7) is 6.87. The monoisotopic (exact) mass is 311 g/mol. The minimum Gasteiger partial charge on any atom is -0.426 e. The minimum absolute atomic E-state index is 0.0283. The molecule has 23 heavy (non-hydrogen) atoms. The Morgan fingerprint density at radius 1 is 1.09 bits per heavy atom. The summed E-state index contributed by atoms with van der Waals surface area (Å²) >= 11 is 0. The topological polar surface area (TPSA) is 39.2 Å².